The maximum Gasteiger partial charge on any atom is 0.197 e. The van der Waals surface area contributed by atoms with Gasteiger partial charge in [0.15, 0.2) is 10.8 Å². The summed E-state index contributed by atoms with van der Waals surface area (Å²) in [6.07, 6.45) is 5.03. The number of aromatic nitrogens is 4. The normalized spacial score (nSPS) is 13.1. The van der Waals surface area contributed by atoms with E-state index in [1.165, 1.54) is 12.4 Å². The number of para-hydroxylation sites is 1. The standard InChI is InChI=1S/C22H17ClN6OS/c23-16-3-1-2-4-17(16)29-12-26-28-21(29)22-27-20-15-6-5-13(14(10-24)11-25)9-18(15)30-8-7-19(20)31-22/h1-6,9-12,24H,7-8,25H2/b14-11+,24-10?. The first kappa shape index (κ1) is 19.5. The maximum atomic E-state index is 7.54. The minimum atomic E-state index is 0.536. The number of fused-ring (bicyclic) bond motifs is 3. The first-order valence-electron chi connectivity index (χ1n) is 9.54. The molecule has 1 aliphatic rings. The Labute approximate surface area is 187 Å². The van der Waals surface area contributed by atoms with Crippen LogP contribution < -0.4 is 10.5 Å². The molecule has 3 N–H and O–H groups in total. The van der Waals surface area contributed by atoms with E-state index in [0.29, 0.717) is 23.0 Å². The summed E-state index contributed by atoms with van der Waals surface area (Å²) in [6, 6.07) is 13.4. The molecule has 0 spiro atoms. The Morgan fingerprint density at radius 1 is 1.26 bits per heavy atom. The lowest BCUT2D eigenvalue weighted by Gasteiger charge is -2.10. The Hall–Kier alpha value is -3.49. The van der Waals surface area contributed by atoms with E-state index < -0.39 is 0 Å². The van der Waals surface area contributed by atoms with Gasteiger partial charge in [-0.1, -0.05) is 29.8 Å². The van der Waals surface area contributed by atoms with Crippen LogP contribution in [0, 0.1) is 5.41 Å². The summed E-state index contributed by atoms with van der Waals surface area (Å²) in [4.78, 5) is 6.04. The van der Waals surface area contributed by atoms with Crippen LogP contribution in [0.3, 0.4) is 0 Å². The molecule has 0 saturated heterocycles. The lowest BCUT2D eigenvalue weighted by Crippen LogP contribution is -1.99. The highest BCUT2D eigenvalue weighted by Crippen LogP contribution is 2.41. The van der Waals surface area contributed by atoms with Gasteiger partial charge in [-0.3, -0.25) is 4.57 Å². The Balaban J connectivity index is 1.61. The molecular weight excluding hydrogens is 432 g/mol. The molecule has 154 valence electrons. The summed E-state index contributed by atoms with van der Waals surface area (Å²) >= 11 is 7.97. The number of nitrogens with zero attached hydrogens (tertiary/aromatic N) is 4. The summed E-state index contributed by atoms with van der Waals surface area (Å²) in [5.41, 5.74) is 9.68. The van der Waals surface area contributed by atoms with Gasteiger partial charge < -0.3 is 15.9 Å². The van der Waals surface area contributed by atoms with Gasteiger partial charge in [-0.15, -0.1) is 21.5 Å². The molecule has 0 bridgehead atoms. The molecule has 31 heavy (non-hydrogen) atoms. The van der Waals surface area contributed by atoms with E-state index >= 15 is 0 Å². The number of rotatable bonds is 4. The van der Waals surface area contributed by atoms with Gasteiger partial charge in [0, 0.05) is 34.8 Å². The molecule has 0 saturated carbocycles. The van der Waals surface area contributed by atoms with Crippen LogP contribution in [0.2, 0.25) is 5.02 Å². The van der Waals surface area contributed by atoms with E-state index in [1.54, 1.807) is 17.7 Å². The summed E-state index contributed by atoms with van der Waals surface area (Å²) in [5, 5.41) is 17.3. The van der Waals surface area contributed by atoms with Crippen LogP contribution in [0.25, 0.3) is 33.3 Å². The van der Waals surface area contributed by atoms with Crippen molar-refractivity contribution in [2.75, 3.05) is 6.61 Å². The van der Waals surface area contributed by atoms with E-state index in [0.717, 1.165) is 44.6 Å². The average molecular weight is 449 g/mol. The van der Waals surface area contributed by atoms with Gasteiger partial charge in [-0.05, 0) is 29.8 Å². The third-order valence-electron chi connectivity index (χ3n) is 5.04. The predicted octanol–water partition coefficient (Wildman–Crippen LogP) is 4.60. The molecule has 0 unspecified atom stereocenters. The Kier molecular flexibility index (Phi) is 5.01. The highest BCUT2D eigenvalue weighted by molar-refractivity contribution is 7.15. The minimum Gasteiger partial charge on any atom is -0.492 e. The van der Waals surface area contributed by atoms with Crippen molar-refractivity contribution >= 4 is 34.7 Å². The number of nitrogens with two attached hydrogens (primary N) is 1. The molecule has 2 aromatic heterocycles. The maximum absolute atomic E-state index is 7.54. The Morgan fingerprint density at radius 3 is 2.94 bits per heavy atom. The van der Waals surface area contributed by atoms with Crippen molar-refractivity contribution in [3.05, 3.63) is 70.5 Å². The molecule has 9 heteroatoms. The molecule has 0 amide bonds. The molecule has 0 radical (unpaired) electrons. The highest BCUT2D eigenvalue weighted by atomic mass is 35.5. The second kappa shape index (κ2) is 7.98. The minimum absolute atomic E-state index is 0.536. The largest absolute Gasteiger partial charge is 0.492 e. The number of thiazole rings is 1. The van der Waals surface area contributed by atoms with Crippen molar-refractivity contribution in [3.63, 3.8) is 0 Å². The predicted molar refractivity (Wildman–Crippen MR) is 123 cm³/mol. The van der Waals surface area contributed by atoms with E-state index in [4.69, 9.17) is 32.5 Å². The van der Waals surface area contributed by atoms with Crippen LogP contribution in [0.4, 0.5) is 0 Å². The quantitative estimate of drug-likeness (QED) is 0.444. The van der Waals surface area contributed by atoms with Gasteiger partial charge in [-0.25, -0.2) is 4.98 Å². The second-order valence-corrected chi connectivity index (χ2v) is 8.33. The van der Waals surface area contributed by atoms with E-state index in [2.05, 4.69) is 10.2 Å². The molecular formula is C22H17ClN6OS. The lowest BCUT2D eigenvalue weighted by molar-refractivity contribution is 0.327. The molecule has 2 aromatic carbocycles. The number of allylic oxidation sites excluding steroid dienone is 1. The lowest BCUT2D eigenvalue weighted by atomic mass is 10.0. The smallest absolute Gasteiger partial charge is 0.197 e. The van der Waals surface area contributed by atoms with Crippen LogP contribution in [0.15, 0.2) is 55.0 Å². The van der Waals surface area contributed by atoms with E-state index in [9.17, 15) is 0 Å². The monoisotopic (exact) mass is 448 g/mol. The van der Waals surface area contributed by atoms with Crippen molar-refractivity contribution in [2.45, 2.75) is 6.42 Å². The van der Waals surface area contributed by atoms with E-state index in [-0.39, 0.29) is 0 Å². The van der Waals surface area contributed by atoms with Gasteiger partial charge in [-0.2, -0.15) is 0 Å². The van der Waals surface area contributed by atoms with Crippen molar-refractivity contribution in [1.82, 2.24) is 19.7 Å². The van der Waals surface area contributed by atoms with Crippen LogP contribution >= 0.6 is 22.9 Å². The fourth-order valence-electron chi connectivity index (χ4n) is 3.53. The van der Waals surface area contributed by atoms with Gasteiger partial charge in [0.2, 0.25) is 0 Å². The first-order valence-corrected chi connectivity index (χ1v) is 10.7. The number of halogens is 1. The highest BCUT2D eigenvalue weighted by Gasteiger charge is 2.24. The van der Waals surface area contributed by atoms with Crippen LogP contribution in [-0.2, 0) is 6.42 Å². The summed E-state index contributed by atoms with van der Waals surface area (Å²) in [6.45, 7) is 0.536. The molecule has 3 heterocycles. The number of hydrogen-bond acceptors (Lipinski definition) is 7. The number of nitrogens with one attached hydrogen (secondary N) is 1. The third-order valence-corrected chi connectivity index (χ3v) is 6.47. The fourth-order valence-corrected chi connectivity index (χ4v) is 4.80. The molecule has 4 aromatic rings. The SMILES string of the molecule is N=C/C(=C\N)c1ccc2c(c1)OCCc1sc(-c3nncn3-c3ccccc3Cl)nc1-2. The van der Waals surface area contributed by atoms with Crippen molar-refractivity contribution in [3.8, 4) is 33.5 Å². The zero-order chi connectivity index (χ0) is 21.4. The van der Waals surface area contributed by atoms with Crippen molar-refractivity contribution < 1.29 is 4.74 Å². The topological polar surface area (TPSA) is 103 Å². The second-order valence-electron chi connectivity index (χ2n) is 6.84. The summed E-state index contributed by atoms with van der Waals surface area (Å²) in [7, 11) is 0. The molecule has 0 fully saturated rings. The average Bonchev–Trinajstić information content (AvgIpc) is 3.39. The number of hydrogen-bond donors (Lipinski definition) is 2. The number of ether oxygens (including phenoxy) is 1. The Bertz CT molecular complexity index is 1330. The van der Waals surface area contributed by atoms with Gasteiger partial charge in [0.05, 0.1) is 23.0 Å². The summed E-state index contributed by atoms with van der Waals surface area (Å²) in [5.74, 6) is 1.37. The summed E-state index contributed by atoms with van der Waals surface area (Å²) < 4.78 is 7.83. The van der Waals surface area contributed by atoms with Gasteiger partial charge in [0.1, 0.15) is 12.1 Å². The van der Waals surface area contributed by atoms with Gasteiger partial charge in [0.25, 0.3) is 0 Å². The van der Waals surface area contributed by atoms with Crippen molar-refractivity contribution in [1.29, 1.82) is 5.41 Å². The molecule has 1 aliphatic heterocycles. The molecule has 0 aliphatic carbocycles. The zero-order valence-electron chi connectivity index (χ0n) is 16.2. The molecule has 0 atom stereocenters. The number of benzene rings is 2. The van der Waals surface area contributed by atoms with Crippen LogP contribution in [-0.4, -0.2) is 32.6 Å². The molecule has 7 nitrogen and oxygen atoms in total. The first-order chi connectivity index (χ1) is 15.2. The fraction of sp³-hybridized carbons (Fsp3) is 0.0909. The molecule has 5 rings (SSSR count). The van der Waals surface area contributed by atoms with Crippen LogP contribution in [0.1, 0.15) is 10.4 Å². The van der Waals surface area contributed by atoms with E-state index in [1.807, 2.05) is 47.0 Å². The van der Waals surface area contributed by atoms with Crippen molar-refractivity contribution in [2.24, 2.45) is 5.73 Å². The third kappa shape index (κ3) is 3.39. The zero-order valence-corrected chi connectivity index (χ0v) is 17.8. The van der Waals surface area contributed by atoms with Crippen LogP contribution in [0.5, 0.6) is 5.75 Å². The van der Waals surface area contributed by atoms with Gasteiger partial charge >= 0.3 is 0 Å². The Morgan fingerprint density at radius 2 is 2.13 bits per heavy atom.